The van der Waals surface area contributed by atoms with Crippen LogP contribution >= 0.6 is 24.8 Å². The first-order chi connectivity index (χ1) is 9.65. The lowest BCUT2D eigenvalue weighted by Crippen LogP contribution is -2.31. The van der Waals surface area contributed by atoms with Gasteiger partial charge in [-0.3, -0.25) is 4.79 Å². The van der Waals surface area contributed by atoms with E-state index < -0.39 is 0 Å². The maximum Gasteiger partial charge on any atom is 0.253 e. The van der Waals surface area contributed by atoms with Gasteiger partial charge in [-0.15, -0.1) is 24.8 Å². The van der Waals surface area contributed by atoms with Gasteiger partial charge in [-0.1, -0.05) is 6.92 Å². The van der Waals surface area contributed by atoms with Crippen LogP contribution in [0.4, 0.5) is 5.69 Å². The molecule has 0 aliphatic carbocycles. The van der Waals surface area contributed by atoms with Crippen LogP contribution in [0.1, 0.15) is 37.0 Å². The van der Waals surface area contributed by atoms with E-state index >= 15 is 0 Å². The van der Waals surface area contributed by atoms with Crippen molar-refractivity contribution in [3.63, 3.8) is 0 Å². The molecule has 0 spiro atoms. The van der Waals surface area contributed by atoms with Gasteiger partial charge in [0.25, 0.3) is 5.91 Å². The first-order valence-corrected chi connectivity index (χ1v) is 7.55. The number of hydrogen-bond acceptors (Lipinski definition) is 3. The molecule has 0 saturated carbocycles. The van der Waals surface area contributed by atoms with E-state index in [0.29, 0.717) is 6.54 Å². The largest absolute Gasteiger partial charge is 0.372 e. The van der Waals surface area contributed by atoms with Crippen molar-refractivity contribution < 1.29 is 4.79 Å². The van der Waals surface area contributed by atoms with E-state index in [-0.39, 0.29) is 36.8 Å². The second kappa shape index (κ2) is 9.93. The lowest BCUT2D eigenvalue weighted by molar-refractivity contribution is 0.0791. The minimum atomic E-state index is 0. The zero-order chi connectivity index (χ0) is 14.5. The Morgan fingerprint density at radius 2 is 1.91 bits per heavy atom. The second-order valence-corrected chi connectivity index (χ2v) is 5.43. The van der Waals surface area contributed by atoms with E-state index in [9.17, 15) is 4.79 Å². The molecule has 6 heteroatoms. The Kier molecular flexibility index (Phi) is 9.49. The van der Waals surface area contributed by atoms with Crippen LogP contribution < -0.4 is 10.6 Å². The SMILES string of the molecule is CCCN(CC)c1ccc(C(=O)N2CC[C@@H](N)C2)cc1.Cl.Cl. The highest BCUT2D eigenvalue weighted by molar-refractivity contribution is 5.94. The summed E-state index contributed by atoms with van der Waals surface area (Å²) in [6, 6.07) is 8.09. The van der Waals surface area contributed by atoms with Crippen molar-refractivity contribution in [1.82, 2.24) is 4.90 Å². The summed E-state index contributed by atoms with van der Waals surface area (Å²) in [5.41, 5.74) is 7.80. The number of likely N-dealkylation sites (tertiary alicyclic amines) is 1. The molecule has 1 amide bonds. The number of rotatable bonds is 5. The smallest absolute Gasteiger partial charge is 0.253 e. The Morgan fingerprint density at radius 1 is 1.27 bits per heavy atom. The molecule has 2 N–H and O–H groups in total. The van der Waals surface area contributed by atoms with Gasteiger partial charge >= 0.3 is 0 Å². The molecule has 22 heavy (non-hydrogen) atoms. The van der Waals surface area contributed by atoms with Gasteiger partial charge in [0.2, 0.25) is 0 Å². The van der Waals surface area contributed by atoms with Gasteiger partial charge in [0.05, 0.1) is 0 Å². The fourth-order valence-corrected chi connectivity index (χ4v) is 2.71. The van der Waals surface area contributed by atoms with Gasteiger partial charge in [-0.2, -0.15) is 0 Å². The van der Waals surface area contributed by atoms with Crippen LogP contribution in [0.5, 0.6) is 0 Å². The highest BCUT2D eigenvalue weighted by Gasteiger charge is 2.24. The monoisotopic (exact) mass is 347 g/mol. The molecule has 1 fully saturated rings. The number of hydrogen-bond donors (Lipinski definition) is 1. The summed E-state index contributed by atoms with van der Waals surface area (Å²) in [5.74, 6) is 0.100. The van der Waals surface area contributed by atoms with E-state index in [4.69, 9.17) is 5.73 Å². The van der Waals surface area contributed by atoms with E-state index in [2.05, 4.69) is 18.7 Å². The standard InChI is InChI=1S/C16H25N3O.2ClH/c1-3-10-18(4-2)15-7-5-13(6-8-15)16(20)19-11-9-14(17)12-19;;/h5-8,14H,3-4,9-12,17H2,1-2H3;2*1H/t14-;;/m1../s1. The molecular formula is C16H27Cl2N3O. The molecule has 1 aromatic carbocycles. The number of nitrogens with zero attached hydrogens (tertiary/aromatic N) is 2. The summed E-state index contributed by atoms with van der Waals surface area (Å²) in [5, 5.41) is 0. The minimum Gasteiger partial charge on any atom is -0.372 e. The molecule has 1 saturated heterocycles. The number of halogens is 2. The third-order valence-corrected chi connectivity index (χ3v) is 3.87. The molecule has 1 aliphatic rings. The first kappa shape index (κ1) is 21.0. The molecule has 0 bridgehead atoms. The molecule has 0 aromatic heterocycles. The van der Waals surface area contributed by atoms with Crippen molar-refractivity contribution in [1.29, 1.82) is 0 Å². The summed E-state index contributed by atoms with van der Waals surface area (Å²) in [6.45, 7) is 7.82. The number of anilines is 1. The Bertz CT molecular complexity index is 453. The normalized spacial score (nSPS) is 16.7. The van der Waals surface area contributed by atoms with Crippen LogP contribution in [0, 0.1) is 0 Å². The molecule has 1 aliphatic heterocycles. The molecule has 1 heterocycles. The predicted octanol–water partition coefficient (Wildman–Crippen LogP) is 2.94. The summed E-state index contributed by atoms with van der Waals surface area (Å²) in [7, 11) is 0. The number of nitrogens with two attached hydrogens (primary N) is 1. The maximum atomic E-state index is 12.3. The van der Waals surface area contributed by atoms with Crippen LogP contribution in [-0.2, 0) is 0 Å². The molecule has 4 nitrogen and oxygen atoms in total. The molecule has 126 valence electrons. The van der Waals surface area contributed by atoms with Gasteiger partial charge in [-0.25, -0.2) is 0 Å². The third-order valence-electron chi connectivity index (χ3n) is 3.87. The average Bonchev–Trinajstić information content (AvgIpc) is 2.91. The highest BCUT2D eigenvalue weighted by Crippen LogP contribution is 2.18. The van der Waals surface area contributed by atoms with Crippen LogP contribution in [0.25, 0.3) is 0 Å². The van der Waals surface area contributed by atoms with Crippen LogP contribution in [0.2, 0.25) is 0 Å². The predicted molar refractivity (Wildman–Crippen MR) is 97.6 cm³/mol. The molecule has 0 radical (unpaired) electrons. The number of amides is 1. The first-order valence-electron chi connectivity index (χ1n) is 7.55. The van der Waals surface area contributed by atoms with Crippen LogP contribution in [0.3, 0.4) is 0 Å². The van der Waals surface area contributed by atoms with Gasteiger partial charge in [0.15, 0.2) is 0 Å². The van der Waals surface area contributed by atoms with Crippen molar-refractivity contribution >= 4 is 36.4 Å². The van der Waals surface area contributed by atoms with Gasteiger partial charge in [0.1, 0.15) is 0 Å². The third kappa shape index (κ3) is 5.04. The zero-order valence-corrected chi connectivity index (χ0v) is 15.0. The van der Waals surface area contributed by atoms with Gasteiger partial charge < -0.3 is 15.5 Å². The Morgan fingerprint density at radius 3 is 2.36 bits per heavy atom. The van der Waals surface area contributed by atoms with Crippen molar-refractivity contribution in [3.05, 3.63) is 29.8 Å². The quantitative estimate of drug-likeness (QED) is 0.890. The Hall–Kier alpha value is -0.970. The number of carbonyl (C=O) groups excluding carboxylic acids is 1. The lowest BCUT2D eigenvalue weighted by Gasteiger charge is -2.23. The Balaban J connectivity index is 0.00000220. The molecule has 1 atom stereocenters. The van der Waals surface area contributed by atoms with E-state index in [1.54, 1.807) is 0 Å². The summed E-state index contributed by atoms with van der Waals surface area (Å²) < 4.78 is 0. The second-order valence-electron chi connectivity index (χ2n) is 5.43. The summed E-state index contributed by atoms with van der Waals surface area (Å²) >= 11 is 0. The molecule has 1 aromatic rings. The summed E-state index contributed by atoms with van der Waals surface area (Å²) in [4.78, 5) is 16.5. The molecule has 2 rings (SSSR count). The van der Waals surface area contributed by atoms with Crippen molar-refractivity contribution in [3.8, 4) is 0 Å². The van der Waals surface area contributed by atoms with Crippen LogP contribution in [0.15, 0.2) is 24.3 Å². The van der Waals surface area contributed by atoms with Crippen molar-refractivity contribution in [2.75, 3.05) is 31.1 Å². The number of benzene rings is 1. The van der Waals surface area contributed by atoms with Gasteiger partial charge in [0, 0.05) is 43.5 Å². The van der Waals surface area contributed by atoms with Crippen molar-refractivity contribution in [2.24, 2.45) is 5.73 Å². The zero-order valence-electron chi connectivity index (χ0n) is 13.3. The average molecular weight is 348 g/mol. The maximum absolute atomic E-state index is 12.3. The van der Waals surface area contributed by atoms with E-state index in [1.807, 2.05) is 29.2 Å². The lowest BCUT2D eigenvalue weighted by atomic mass is 10.1. The van der Waals surface area contributed by atoms with E-state index in [1.165, 1.54) is 5.69 Å². The molecule has 0 unspecified atom stereocenters. The van der Waals surface area contributed by atoms with Gasteiger partial charge in [-0.05, 0) is 44.0 Å². The topological polar surface area (TPSA) is 49.6 Å². The van der Waals surface area contributed by atoms with E-state index in [0.717, 1.165) is 38.0 Å². The molecular weight excluding hydrogens is 321 g/mol. The fourth-order valence-electron chi connectivity index (χ4n) is 2.71. The number of carbonyl (C=O) groups is 1. The Labute approximate surface area is 145 Å². The van der Waals surface area contributed by atoms with Crippen LogP contribution in [-0.4, -0.2) is 43.0 Å². The highest BCUT2D eigenvalue weighted by atomic mass is 35.5. The fraction of sp³-hybridized carbons (Fsp3) is 0.562. The summed E-state index contributed by atoms with van der Waals surface area (Å²) in [6.07, 6.45) is 2.03. The van der Waals surface area contributed by atoms with Crippen molar-refractivity contribution in [2.45, 2.75) is 32.7 Å². The minimum absolute atomic E-state index is 0.